The standard InChI is InChI=1S/C18H24O5/c1-21-11-12-22-16-9-7-14(8-10-18(19)20)17(13-16)23-15-5-3-2-4-6-15/h7-10,13,15H,2-6,11-12H2,1H3,(H,19,20). The van der Waals surface area contributed by atoms with Gasteiger partial charge in [0.2, 0.25) is 0 Å². The summed E-state index contributed by atoms with van der Waals surface area (Å²) in [5.74, 6) is 0.388. The highest BCUT2D eigenvalue weighted by atomic mass is 16.5. The molecule has 5 nitrogen and oxygen atoms in total. The van der Waals surface area contributed by atoms with E-state index in [-0.39, 0.29) is 6.10 Å². The molecular formula is C18H24O5. The Hall–Kier alpha value is -2.01. The summed E-state index contributed by atoms with van der Waals surface area (Å²) in [6.07, 6.45) is 8.55. The summed E-state index contributed by atoms with van der Waals surface area (Å²) >= 11 is 0. The minimum absolute atomic E-state index is 0.190. The molecule has 0 unspecified atom stereocenters. The van der Waals surface area contributed by atoms with E-state index < -0.39 is 5.97 Å². The maximum absolute atomic E-state index is 10.7. The van der Waals surface area contributed by atoms with Gasteiger partial charge in [-0.05, 0) is 43.9 Å². The lowest BCUT2D eigenvalue weighted by molar-refractivity contribution is -0.131. The van der Waals surface area contributed by atoms with E-state index in [4.69, 9.17) is 19.3 Å². The fraction of sp³-hybridized carbons (Fsp3) is 0.500. The number of ether oxygens (including phenoxy) is 3. The molecule has 1 N–H and O–H groups in total. The number of benzene rings is 1. The van der Waals surface area contributed by atoms with Crippen molar-refractivity contribution in [1.82, 2.24) is 0 Å². The van der Waals surface area contributed by atoms with Crippen LogP contribution < -0.4 is 9.47 Å². The van der Waals surface area contributed by atoms with Crippen LogP contribution in [0.5, 0.6) is 11.5 Å². The number of hydrogen-bond acceptors (Lipinski definition) is 4. The monoisotopic (exact) mass is 320 g/mol. The fourth-order valence-electron chi connectivity index (χ4n) is 2.61. The predicted molar refractivity (Wildman–Crippen MR) is 88.0 cm³/mol. The Bertz CT molecular complexity index is 532. The second-order valence-corrected chi connectivity index (χ2v) is 5.59. The zero-order valence-corrected chi connectivity index (χ0v) is 13.5. The second-order valence-electron chi connectivity index (χ2n) is 5.59. The van der Waals surface area contributed by atoms with E-state index in [1.807, 2.05) is 18.2 Å². The first-order chi connectivity index (χ1) is 11.2. The summed E-state index contributed by atoms with van der Waals surface area (Å²) in [5, 5.41) is 8.82. The van der Waals surface area contributed by atoms with Crippen LogP contribution in [-0.4, -0.2) is 37.5 Å². The summed E-state index contributed by atoms with van der Waals surface area (Å²) in [5.41, 5.74) is 0.747. The van der Waals surface area contributed by atoms with Gasteiger partial charge in [-0.3, -0.25) is 0 Å². The van der Waals surface area contributed by atoms with Crippen LogP contribution in [0, 0.1) is 0 Å². The summed E-state index contributed by atoms with van der Waals surface area (Å²) < 4.78 is 16.7. The molecule has 5 heteroatoms. The van der Waals surface area contributed by atoms with Gasteiger partial charge < -0.3 is 19.3 Å². The van der Waals surface area contributed by atoms with Crippen LogP contribution in [0.1, 0.15) is 37.7 Å². The van der Waals surface area contributed by atoms with Crippen molar-refractivity contribution < 1.29 is 24.1 Å². The van der Waals surface area contributed by atoms with Crippen LogP contribution in [-0.2, 0) is 9.53 Å². The third-order valence-corrected chi connectivity index (χ3v) is 3.79. The lowest BCUT2D eigenvalue weighted by atomic mass is 9.97. The van der Waals surface area contributed by atoms with Gasteiger partial charge in [0.05, 0.1) is 12.7 Å². The van der Waals surface area contributed by atoms with E-state index in [0.717, 1.165) is 24.5 Å². The molecule has 1 fully saturated rings. The summed E-state index contributed by atoms with van der Waals surface area (Å²) in [6.45, 7) is 0.975. The molecule has 23 heavy (non-hydrogen) atoms. The summed E-state index contributed by atoms with van der Waals surface area (Å²) in [4.78, 5) is 10.7. The maximum Gasteiger partial charge on any atom is 0.328 e. The van der Waals surface area contributed by atoms with Crippen molar-refractivity contribution in [3.8, 4) is 11.5 Å². The highest BCUT2D eigenvalue weighted by Gasteiger charge is 2.16. The Balaban J connectivity index is 2.13. The van der Waals surface area contributed by atoms with E-state index in [0.29, 0.717) is 24.7 Å². The number of carboxylic acid groups (broad SMARTS) is 1. The normalized spacial score (nSPS) is 15.7. The van der Waals surface area contributed by atoms with Crippen molar-refractivity contribution in [3.05, 3.63) is 29.8 Å². The van der Waals surface area contributed by atoms with Gasteiger partial charge in [0.25, 0.3) is 0 Å². The first-order valence-electron chi connectivity index (χ1n) is 8.02. The van der Waals surface area contributed by atoms with Crippen LogP contribution in [0.2, 0.25) is 0 Å². The molecule has 0 amide bonds. The van der Waals surface area contributed by atoms with Gasteiger partial charge in [-0.1, -0.05) is 6.42 Å². The fourth-order valence-corrected chi connectivity index (χ4v) is 2.61. The lowest BCUT2D eigenvalue weighted by Gasteiger charge is -2.24. The van der Waals surface area contributed by atoms with E-state index in [9.17, 15) is 4.79 Å². The lowest BCUT2D eigenvalue weighted by Crippen LogP contribution is -2.20. The topological polar surface area (TPSA) is 65.0 Å². The molecule has 126 valence electrons. The third-order valence-electron chi connectivity index (χ3n) is 3.79. The van der Waals surface area contributed by atoms with Gasteiger partial charge in [0.15, 0.2) is 0 Å². The van der Waals surface area contributed by atoms with E-state index in [1.165, 1.54) is 19.3 Å². The highest BCUT2D eigenvalue weighted by molar-refractivity contribution is 5.86. The van der Waals surface area contributed by atoms with Gasteiger partial charge in [-0.15, -0.1) is 0 Å². The molecule has 2 rings (SSSR count). The molecule has 1 saturated carbocycles. The molecule has 0 aliphatic heterocycles. The Kier molecular flexibility index (Phi) is 6.94. The van der Waals surface area contributed by atoms with Crippen molar-refractivity contribution >= 4 is 12.0 Å². The Morgan fingerprint density at radius 2 is 2.04 bits per heavy atom. The summed E-state index contributed by atoms with van der Waals surface area (Å²) in [6, 6.07) is 5.45. The van der Waals surface area contributed by atoms with Crippen molar-refractivity contribution in [1.29, 1.82) is 0 Å². The average Bonchev–Trinajstić information content (AvgIpc) is 2.55. The molecule has 1 aliphatic carbocycles. The molecule has 0 aromatic heterocycles. The quantitative estimate of drug-likeness (QED) is 0.586. The summed E-state index contributed by atoms with van der Waals surface area (Å²) in [7, 11) is 1.63. The SMILES string of the molecule is COCCOc1ccc(C=CC(=O)O)c(OC2CCCCC2)c1. The number of methoxy groups -OCH3 is 1. The van der Waals surface area contributed by atoms with Crippen LogP contribution >= 0.6 is 0 Å². The van der Waals surface area contributed by atoms with Gasteiger partial charge >= 0.3 is 5.97 Å². The van der Waals surface area contributed by atoms with Gasteiger partial charge in [-0.25, -0.2) is 4.79 Å². The zero-order valence-electron chi connectivity index (χ0n) is 13.5. The van der Waals surface area contributed by atoms with Crippen molar-refractivity contribution in [2.24, 2.45) is 0 Å². The van der Waals surface area contributed by atoms with Crippen LogP contribution in [0.4, 0.5) is 0 Å². The number of hydrogen-bond donors (Lipinski definition) is 1. The van der Waals surface area contributed by atoms with Crippen LogP contribution in [0.3, 0.4) is 0 Å². The number of carboxylic acids is 1. The molecule has 1 aromatic carbocycles. The predicted octanol–water partition coefficient (Wildman–Crippen LogP) is 3.52. The van der Waals surface area contributed by atoms with Crippen LogP contribution in [0.25, 0.3) is 6.08 Å². The Labute approximate surface area is 136 Å². The molecule has 0 radical (unpaired) electrons. The minimum atomic E-state index is -0.978. The van der Waals surface area contributed by atoms with E-state index in [2.05, 4.69) is 0 Å². The van der Waals surface area contributed by atoms with E-state index >= 15 is 0 Å². The molecule has 0 atom stereocenters. The minimum Gasteiger partial charge on any atom is -0.491 e. The third kappa shape index (κ3) is 5.94. The number of carbonyl (C=O) groups is 1. The average molecular weight is 320 g/mol. The van der Waals surface area contributed by atoms with Gasteiger partial charge in [0, 0.05) is 24.8 Å². The van der Waals surface area contributed by atoms with E-state index in [1.54, 1.807) is 13.2 Å². The molecule has 0 spiro atoms. The van der Waals surface area contributed by atoms with Gasteiger partial charge in [0.1, 0.15) is 18.1 Å². The molecule has 0 bridgehead atoms. The molecule has 0 heterocycles. The van der Waals surface area contributed by atoms with Crippen molar-refractivity contribution in [2.75, 3.05) is 20.3 Å². The highest BCUT2D eigenvalue weighted by Crippen LogP contribution is 2.30. The largest absolute Gasteiger partial charge is 0.491 e. The second kappa shape index (κ2) is 9.20. The number of aliphatic carboxylic acids is 1. The molecular weight excluding hydrogens is 296 g/mol. The number of rotatable bonds is 8. The molecule has 1 aliphatic rings. The molecule has 1 aromatic rings. The van der Waals surface area contributed by atoms with Gasteiger partial charge in [-0.2, -0.15) is 0 Å². The smallest absolute Gasteiger partial charge is 0.328 e. The van der Waals surface area contributed by atoms with Crippen molar-refractivity contribution in [2.45, 2.75) is 38.2 Å². The first-order valence-corrected chi connectivity index (χ1v) is 8.02. The maximum atomic E-state index is 10.7. The molecule has 0 saturated heterocycles. The van der Waals surface area contributed by atoms with Crippen molar-refractivity contribution in [3.63, 3.8) is 0 Å². The van der Waals surface area contributed by atoms with Crippen LogP contribution in [0.15, 0.2) is 24.3 Å². The Morgan fingerprint density at radius 1 is 1.26 bits per heavy atom. The first kappa shape index (κ1) is 17.3. The zero-order chi connectivity index (χ0) is 16.5. The Morgan fingerprint density at radius 3 is 2.74 bits per heavy atom.